The molecule has 0 unspecified atom stereocenters. The zero-order valence-corrected chi connectivity index (χ0v) is 19.0. The average Bonchev–Trinajstić information content (AvgIpc) is 3.29. The molecule has 0 aliphatic carbocycles. The highest BCUT2D eigenvalue weighted by Gasteiger charge is 2.19. The van der Waals surface area contributed by atoms with E-state index in [1.165, 1.54) is 19.2 Å². The smallest absolute Gasteiger partial charge is 0.311 e. The number of nitro groups is 1. The molecule has 4 rings (SSSR count). The van der Waals surface area contributed by atoms with Gasteiger partial charge in [0.15, 0.2) is 16.6 Å². The maximum atomic E-state index is 12.5. The number of furan rings is 1. The lowest BCUT2D eigenvalue weighted by molar-refractivity contribution is -0.385. The second-order valence-corrected chi connectivity index (χ2v) is 7.64. The highest BCUT2D eigenvalue weighted by Crippen LogP contribution is 2.27. The fraction of sp³-hybridized carbons (Fsp3) is 0.0417. The zero-order chi connectivity index (χ0) is 24.9. The number of nitrogens with one attached hydrogen (secondary N) is 3. The Morgan fingerprint density at radius 1 is 0.943 bits per heavy atom. The molecule has 0 aliphatic heterocycles. The predicted molar refractivity (Wildman–Crippen MR) is 134 cm³/mol. The first kappa shape index (κ1) is 23.4. The van der Waals surface area contributed by atoms with Gasteiger partial charge in [0.05, 0.1) is 12.0 Å². The summed E-state index contributed by atoms with van der Waals surface area (Å²) in [5.74, 6) is -0.780. The van der Waals surface area contributed by atoms with E-state index in [9.17, 15) is 19.7 Å². The van der Waals surface area contributed by atoms with E-state index in [2.05, 4.69) is 16.0 Å². The number of nitrogens with zero attached hydrogens (tertiary/aromatic N) is 1. The number of methoxy groups -OCH3 is 1. The van der Waals surface area contributed by atoms with Crippen LogP contribution in [0.4, 0.5) is 17.1 Å². The number of thiocarbonyl (C=S) groups is 1. The third kappa shape index (κ3) is 5.42. The average molecular weight is 490 g/mol. The quantitative estimate of drug-likeness (QED) is 0.201. The van der Waals surface area contributed by atoms with Gasteiger partial charge in [-0.1, -0.05) is 18.2 Å². The first-order valence-corrected chi connectivity index (χ1v) is 10.6. The Hall–Kier alpha value is -4.77. The number of anilines is 2. The van der Waals surface area contributed by atoms with Crippen LogP contribution in [0, 0.1) is 10.1 Å². The summed E-state index contributed by atoms with van der Waals surface area (Å²) in [6.45, 7) is 0. The second kappa shape index (κ2) is 10.0. The van der Waals surface area contributed by atoms with Gasteiger partial charge < -0.3 is 19.8 Å². The number of nitro benzene ring substituents is 1. The van der Waals surface area contributed by atoms with Crippen LogP contribution in [0.1, 0.15) is 20.9 Å². The van der Waals surface area contributed by atoms with E-state index in [0.717, 1.165) is 11.5 Å². The maximum absolute atomic E-state index is 12.5. The number of ether oxygens (including phenoxy) is 1. The van der Waals surface area contributed by atoms with Crippen molar-refractivity contribution in [3.05, 3.63) is 94.2 Å². The van der Waals surface area contributed by atoms with Crippen LogP contribution in [0.25, 0.3) is 11.0 Å². The van der Waals surface area contributed by atoms with Gasteiger partial charge in [0, 0.05) is 28.4 Å². The number of fused-ring (bicyclic) bond motifs is 1. The van der Waals surface area contributed by atoms with Crippen LogP contribution in [-0.2, 0) is 0 Å². The number of benzene rings is 3. The molecule has 0 radical (unpaired) electrons. The van der Waals surface area contributed by atoms with E-state index in [-0.39, 0.29) is 27.9 Å². The summed E-state index contributed by atoms with van der Waals surface area (Å²) < 4.78 is 10.5. The van der Waals surface area contributed by atoms with Crippen molar-refractivity contribution in [1.29, 1.82) is 0 Å². The fourth-order valence-corrected chi connectivity index (χ4v) is 3.45. The largest absolute Gasteiger partial charge is 0.490 e. The van der Waals surface area contributed by atoms with Crippen LogP contribution in [0.5, 0.6) is 5.75 Å². The molecular formula is C24H18N4O6S. The van der Waals surface area contributed by atoms with Crippen molar-refractivity contribution in [2.45, 2.75) is 0 Å². The standard InChI is InChI=1S/C24H18N4O6S/c1-33-20-11-6-15(12-18(20)28(31)32)22(29)27-24(35)26-17-9-7-16(8-10-17)25-23(30)21-13-14-4-2-3-5-19(14)34-21/h2-13H,1H3,(H,25,30)(H2,26,27,29,35). The van der Waals surface area contributed by atoms with Crippen molar-refractivity contribution >= 4 is 57.2 Å². The summed E-state index contributed by atoms with van der Waals surface area (Å²) in [4.78, 5) is 35.4. The molecule has 11 heteroatoms. The highest BCUT2D eigenvalue weighted by atomic mass is 32.1. The first-order chi connectivity index (χ1) is 16.8. The minimum absolute atomic E-state index is 0.00691. The molecule has 176 valence electrons. The molecule has 0 bridgehead atoms. The lowest BCUT2D eigenvalue weighted by atomic mass is 10.1. The van der Waals surface area contributed by atoms with Crippen LogP contribution in [-0.4, -0.2) is 29.0 Å². The predicted octanol–water partition coefficient (Wildman–Crippen LogP) is 4.73. The number of amides is 2. The molecule has 0 aliphatic rings. The van der Waals surface area contributed by atoms with Crippen molar-refractivity contribution in [3.63, 3.8) is 0 Å². The number of rotatable bonds is 6. The van der Waals surface area contributed by atoms with Gasteiger partial charge in [-0.15, -0.1) is 0 Å². The molecule has 1 aromatic heterocycles. The SMILES string of the molecule is COc1ccc(C(=O)NC(=S)Nc2ccc(NC(=O)c3cc4ccccc4o3)cc2)cc1[N+](=O)[O-]. The van der Waals surface area contributed by atoms with Gasteiger partial charge in [-0.2, -0.15) is 0 Å². The number of carbonyl (C=O) groups is 2. The molecular weight excluding hydrogens is 472 g/mol. The van der Waals surface area contributed by atoms with Crippen molar-refractivity contribution in [1.82, 2.24) is 5.32 Å². The molecule has 0 spiro atoms. The zero-order valence-electron chi connectivity index (χ0n) is 18.2. The Kier molecular flexibility index (Phi) is 6.69. The number of hydrogen-bond donors (Lipinski definition) is 3. The Morgan fingerprint density at radius 3 is 2.29 bits per heavy atom. The summed E-state index contributed by atoms with van der Waals surface area (Å²) in [6, 6.07) is 19.4. The second-order valence-electron chi connectivity index (χ2n) is 7.23. The van der Waals surface area contributed by atoms with E-state index in [1.807, 2.05) is 18.2 Å². The first-order valence-electron chi connectivity index (χ1n) is 10.2. The Bertz CT molecular complexity index is 1420. The van der Waals surface area contributed by atoms with Gasteiger partial charge in [0.25, 0.3) is 11.8 Å². The van der Waals surface area contributed by atoms with Gasteiger partial charge in [0.1, 0.15) is 5.58 Å². The third-order valence-electron chi connectivity index (χ3n) is 4.91. The number of carbonyl (C=O) groups excluding carboxylic acids is 2. The van der Waals surface area contributed by atoms with Crippen molar-refractivity contribution in [3.8, 4) is 5.75 Å². The molecule has 10 nitrogen and oxygen atoms in total. The van der Waals surface area contributed by atoms with Gasteiger partial charge in [-0.25, -0.2) is 0 Å². The van der Waals surface area contributed by atoms with E-state index < -0.39 is 16.7 Å². The van der Waals surface area contributed by atoms with Gasteiger partial charge in [-0.05, 0) is 60.7 Å². The summed E-state index contributed by atoms with van der Waals surface area (Å²) in [6.07, 6.45) is 0. The number of para-hydroxylation sites is 1. The molecule has 0 saturated carbocycles. The number of hydrogen-bond acceptors (Lipinski definition) is 7. The van der Waals surface area contributed by atoms with Crippen LogP contribution in [0.3, 0.4) is 0 Å². The van der Waals surface area contributed by atoms with Gasteiger partial charge in [0.2, 0.25) is 0 Å². The topological polar surface area (TPSA) is 136 Å². The van der Waals surface area contributed by atoms with E-state index in [1.54, 1.807) is 36.4 Å². The monoisotopic (exact) mass is 490 g/mol. The molecule has 0 saturated heterocycles. The van der Waals surface area contributed by atoms with Crippen LogP contribution in [0.15, 0.2) is 77.2 Å². The minimum atomic E-state index is -0.638. The molecule has 4 aromatic rings. The Labute approximate surface area is 204 Å². The van der Waals surface area contributed by atoms with Crippen molar-refractivity contribution in [2.75, 3.05) is 17.7 Å². The maximum Gasteiger partial charge on any atom is 0.311 e. The van der Waals surface area contributed by atoms with Crippen molar-refractivity contribution < 1.29 is 23.7 Å². The lowest BCUT2D eigenvalue weighted by Crippen LogP contribution is -2.34. The van der Waals surface area contributed by atoms with Crippen LogP contribution >= 0.6 is 12.2 Å². The van der Waals surface area contributed by atoms with E-state index in [0.29, 0.717) is 17.0 Å². The lowest BCUT2D eigenvalue weighted by Gasteiger charge is -2.11. The Morgan fingerprint density at radius 2 is 1.63 bits per heavy atom. The molecule has 0 fully saturated rings. The van der Waals surface area contributed by atoms with Crippen LogP contribution < -0.4 is 20.7 Å². The van der Waals surface area contributed by atoms with E-state index >= 15 is 0 Å². The third-order valence-corrected chi connectivity index (χ3v) is 5.12. The van der Waals surface area contributed by atoms with Crippen LogP contribution in [0.2, 0.25) is 0 Å². The molecule has 2 amide bonds. The van der Waals surface area contributed by atoms with Gasteiger partial charge >= 0.3 is 5.69 Å². The summed E-state index contributed by atoms with van der Waals surface area (Å²) in [5.41, 5.74) is 1.42. The highest BCUT2D eigenvalue weighted by molar-refractivity contribution is 7.80. The Balaban J connectivity index is 1.35. The summed E-state index contributed by atoms with van der Waals surface area (Å²) in [7, 11) is 1.30. The molecule has 35 heavy (non-hydrogen) atoms. The summed E-state index contributed by atoms with van der Waals surface area (Å²) in [5, 5.41) is 20.0. The fourth-order valence-electron chi connectivity index (χ4n) is 3.23. The molecule has 1 heterocycles. The molecule has 0 atom stereocenters. The molecule has 3 N–H and O–H groups in total. The van der Waals surface area contributed by atoms with E-state index in [4.69, 9.17) is 21.4 Å². The minimum Gasteiger partial charge on any atom is -0.490 e. The normalized spacial score (nSPS) is 10.4. The van der Waals surface area contributed by atoms with Crippen molar-refractivity contribution in [2.24, 2.45) is 0 Å². The van der Waals surface area contributed by atoms with Gasteiger partial charge in [-0.3, -0.25) is 25.0 Å². The summed E-state index contributed by atoms with van der Waals surface area (Å²) >= 11 is 5.16. The molecule has 3 aromatic carbocycles.